The number of phenolic OH excluding ortho intramolecular Hbond substituents is 1. The fraction of sp³-hybridized carbons (Fsp3) is 0.158. The third-order valence-electron chi connectivity index (χ3n) is 3.97. The fourth-order valence-corrected chi connectivity index (χ4v) is 2.94. The van der Waals surface area contributed by atoms with E-state index in [1.165, 1.54) is 18.3 Å². The van der Waals surface area contributed by atoms with Gasteiger partial charge in [-0.2, -0.15) is 20.1 Å². The Hall–Kier alpha value is -3.80. The van der Waals surface area contributed by atoms with E-state index in [0.29, 0.717) is 22.9 Å². The fourth-order valence-electron chi connectivity index (χ4n) is 2.47. The first-order chi connectivity index (χ1) is 14.8. The van der Waals surface area contributed by atoms with Gasteiger partial charge in [0.1, 0.15) is 0 Å². The summed E-state index contributed by atoms with van der Waals surface area (Å²) < 4.78 is 0.431. The molecule has 1 aromatic heterocycles. The molecule has 3 N–H and O–H groups in total. The molecule has 0 spiro atoms. The lowest BCUT2D eigenvalue weighted by molar-refractivity contribution is -0.385. The summed E-state index contributed by atoms with van der Waals surface area (Å²) in [4.78, 5) is 25.0. The highest BCUT2D eigenvalue weighted by molar-refractivity contribution is 9.10. The number of phenols is 1. The molecule has 0 unspecified atom stereocenters. The van der Waals surface area contributed by atoms with Crippen molar-refractivity contribution in [2.45, 2.75) is 6.54 Å². The average Bonchev–Trinajstić information content (AvgIpc) is 2.75. The van der Waals surface area contributed by atoms with Crippen LogP contribution in [0.2, 0.25) is 0 Å². The van der Waals surface area contributed by atoms with E-state index in [1.54, 1.807) is 19.0 Å². The van der Waals surface area contributed by atoms with E-state index < -0.39 is 16.4 Å². The van der Waals surface area contributed by atoms with Crippen LogP contribution in [0.25, 0.3) is 0 Å². The van der Waals surface area contributed by atoms with E-state index in [9.17, 15) is 15.2 Å². The first kappa shape index (κ1) is 21.9. The lowest BCUT2D eigenvalue weighted by Crippen LogP contribution is -2.16. The van der Waals surface area contributed by atoms with Crippen molar-refractivity contribution in [3.8, 4) is 5.75 Å². The van der Waals surface area contributed by atoms with E-state index >= 15 is 0 Å². The predicted molar refractivity (Wildman–Crippen MR) is 122 cm³/mol. The third kappa shape index (κ3) is 5.85. The second kappa shape index (κ2) is 9.80. The standard InChI is InChI=1S/C19H19BrN8O3/c1-27(2)19-24-17(21-10-12-6-4-3-5-7-12)23-18(25-19)26-22-11-13-8-14(20)9-15(16(13)29)28(30)31/h3-9,11,29H,10H2,1-2H3,(H2,21,23,24,25,26). The summed E-state index contributed by atoms with van der Waals surface area (Å²) >= 11 is 3.18. The van der Waals surface area contributed by atoms with Crippen molar-refractivity contribution in [2.75, 3.05) is 29.7 Å². The number of rotatable bonds is 8. The van der Waals surface area contributed by atoms with Crippen molar-refractivity contribution in [2.24, 2.45) is 5.10 Å². The number of hydrazone groups is 1. The normalized spacial score (nSPS) is 10.8. The summed E-state index contributed by atoms with van der Waals surface area (Å²) in [5.74, 6) is 0.425. The van der Waals surface area contributed by atoms with Gasteiger partial charge in [0.25, 0.3) is 0 Å². The summed E-state index contributed by atoms with van der Waals surface area (Å²) in [6.45, 7) is 0.524. The van der Waals surface area contributed by atoms with Gasteiger partial charge in [-0.25, -0.2) is 5.43 Å². The van der Waals surface area contributed by atoms with Crippen molar-refractivity contribution in [1.82, 2.24) is 15.0 Å². The van der Waals surface area contributed by atoms with Gasteiger partial charge in [-0.15, -0.1) is 0 Å². The molecule has 0 fully saturated rings. The number of hydrogen-bond donors (Lipinski definition) is 3. The second-order valence-corrected chi connectivity index (χ2v) is 7.42. The van der Waals surface area contributed by atoms with Crippen LogP contribution >= 0.6 is 15.9 Å². The molecule has 0 atom stereocenters. The molecular formula is C19H19BrN8O3. The molecule has 0 saturated heterocycles. The Morgan fingerprint density at radius 1 is 1.19 bits per heavy atom. The molecule has 3 aromatic rings. The number of benzene rings is 2. The number of aromatic nitrogens is 3. The molecule has 0 aliphatic heterocycles. The van der Waals surface area contributed by atoms with Gasteiger partial charge in [-0.05, 0) is 11.6 Å². The molecule has 0 aliphatic carbocycles. The first-order valence-electron chi connectivity index (χ1n) is 9.00. The van der Waals surface area contributed by atoms with Crippen LogP contribution in [0.1, 0.15) is 11.1 Å². The minimum atomic E-state index is -0.676. The topological polar surface area (TPSA) is 142 Å². The number of halogens is 1. The molecule has 0 saturated carbocycles. The van der Waals surface area contributed by atoms with E-state index in [4.69, 9.17) is 0 Å². The summed E-state index contributed by atoms with van der Waals surface area (Å²) in [7, 11) is 3.59. The highest BCUT2D eigenvalue weighted by Crippen LogP contribution is 2.32. The Kier molecular flexibility index (Phi) is 6.92. The Morgan fingerprint density at radius 3 is 2.58 bits per heavy atom. The van der Waals surface area contributed by atoms with Crippen LogP contribution in [-0.2, 0) is 6.54 Å². The average molecular weight is 487 g/mol. The smallest absolute Gasteiger partial charge is 0.312 e. The van der Waals surface area contributed by atoms with Gasteiger partial charge in [-0.3, -0.25) is 10.1 Å². The molecule has 31 heavy (non-hydrogen) atoms. The number of hydrogen-bond acceptors (Lipinski definition) is 10. The van der Waals surface area contributed by atoms with E-state index in [1.807, 2.05) is 30.3 Å². The van der Waals surface area contributed by atoms with Crippen molar-refractivity contribution < 1.29 is 10.0 Å². The molecule has 12 heteroatoms. The van der Waals surface area contributed by atoms with E-state index in [2.05, 4.69) is 46.7 Å². The quantitative estimate of drug-likeness (QED) is 0.248. The molecular weight excluding hydrogens is 468 g/mol. The highest BCUT2D eigenvalue weighted by atomic mass is 79.9. The van der Waals surface area contributed by atoms with Crippen molar-refractivity contribution in [3.05, 3.63) is 68.2 Å². The molecule has 0 amide bonds. The minimum absolute atomic E-state index is 0.151. The van der Waals surface area contributed by atoms with Gasteiger partial charge < -0.3 is 15.3 Å². The maximum Gasteiger partial charge on any atom is 0.312 e. The molecule has 0 bridgehead atoms. The third-order valence-corrected chi connectivity index (χ3v) is 4.42. The Morgan fingerprint density at radius 2 is 1.90 bits per heavy atom. The summed E-state index contributed by atoms with van der Waals surface area (Å²) in [5.41, 5.74) is 3.45. The number of aromatic hydroxyl groups is 1. The van der Waals surface area contributed by atoms with Crippen LogP contribution < -0.4 is 15.6 Å². The van der Waals surface area contributed by atoms with Crippen LogP contribution in [-0.4, -0.2) is 45.3 Å². The monoisotopic (exact) mass is 486 g/mol. The first-order valence-corrected chi connectivity index (χ1v) is 9.80. The lowest BCUT2D eigenvalue weighted by Gasteiger charge is -2.13. The molecule has 0 radical (unpaired) electrons. The van der Waals surface area contributed by atoms with Crippen LogP contribution in [0.3, 0.4) is 0 Å². The van der Waals surface area contributed by atoms with Gasteiger partial charge in [0.05, 0.1) is 11.1 Å². The maximum absolute atomic E-state index is 11.1. The summed E-state index contributed by atoms with van der Waals surface area (Å²) in [6, 6.07) is 12.5. The number of nitro benzene ring substituents is 1. The Balaban J connectivity index is 1.79. The minimum Gasteiger partial charge on any atom is -0.502 e. The van der Waals surface area contributed by atoms with Crippen molar-refractivity contribution in [1.29, 1.82) is 0 Å². The number of anilines is 3. The summed E-state index contributed by atoms with van der Waals surface area (Å²) in [6.07, 6.45) is 1.24. The Bertz CT molecular complexity index is 1110. The molecule has 3 rings (SSSR count). The largest absolute Gasteiger partial charge is 0.502 e. The van der Waals surface area contributed by atoms with Gasteiger partial charge in [0, 0.05) is 36.7 Å². The SMILES string of the molecule is CN(C)c1nc(NCc2ccccc2)nc(NN=Cc2cc(Br)cc([N+](=O)[O-])c2O)n1. The number of nitro groups is 1. The Labute approximate surface area is 186 Å². The van der Waals surface area contributed by atoms with Crippen LogP contribution in [0.4, 0.5) is 23.5 Å². The molecule has 2 aromatic carbocycles. The van der Waals surface area contributed by atoms with E-state index in [-0.39, 0.29) is 11.5 Å². The van der Waals surface area contributed by atoms with Crippen LogP contribution in [0.15, 0.2) is 52.0 Å². The molecule has 1 heterocycles. The highest BCUT2D eigenvalue weighted by Gasteiger charge is 2.17. The van der Waals surface area contributed by atoms with Gasteiger partial charge >= 0.3 is 5.69 Å². The number of nitrogens with one attached hydrogen (secondary N) is 2. The van der Waals surface area contributed by atoms with Gasteiger partial charge in [0.2, 0.25) is 23.6 Å². The predicted octanol–water partition coefficient (Wildman–Crippen LogP) is 3.37. The van der Waals surface area contributed by atoms with E-state index in [0.717, 1.165) is 5.56 Å². The van der Waals surface area contributed by atoms with Crippen molar-refractivity contribution in [3.63, 3.8) is 0 Å². The molecule has 0 aliphatic rings. The van der Waals surface area contributed by atoms with Crippen molar-refractivity contribution >= 4 is 45.7 Å². The maximum atomic E-state index is 11.1. The number of nitrogens with zero attached hydrogens (tertiary/aromatic N) is 6. The van der Waals surface area contributed by atoms with Crippen LogP contribution in [0.5, 0.6) is 5.75 Å². The lowest BCUT2D eigenvalue weighted by atomic mass is 10.2. The zero-order chi connectivity index (χ0) is 22.4. The van der Waals surface area contributed by atoms with Gasteiger partial charge in [0.15, 0.2) is 0 Å². The summed E-state index contributed by atoms with van der Waals surface area (Å²) in [5, 5.41) is 28.3. The molecule has 160 valence electrons. The van der Waals surface area contributed by atoms with Crippen LogP contribution in [0, 0.1) is 10.1 Å². The molecule has 11 nitrogen and oxygen atoms in total. The zero-order valence-corrected chi connectivity index (χ0v) is 18.2. The zero-order valence-electron chi connectivity index (χ0n) is 16.7. The van der Waals surface area contributed by atoms with Gasteiger partial charge in [-0.1, -0.05) is 46.3 Å². The second-order valence-electron chi connectivity index (χ2n) is 6.51.